The van der Waals surface area contributed by atoms with Crippen molar-refractivity contribution in [3.8, 4) is 0 Å². The lowest BCUT2D eigenvalue weighted by atomic mass is 10.3. The number of nitrogens with one attached hydrogen (secondary N) is 1. The lowest BCUT2D eigenvalue weighted by molar-refractivity contribution is -0.137. The number of amides is 1. The number of carboxylic acids is 1. The molecule has 0 aliphatic rings. The molecule has 6 heteroatoms. The Morgan fingerprint density at radius 2 is 1.93 bits per heavy atom. The summed E-state index contributed by atoms with van der Waals surface area (Å²) in [6.07, 6.45) is 0.0261. The average Bonchev–Trinajstić information content (AvgIpc) is 2.13. The van der Waals surface area contributed by atoms with Crippen LogP contribution in [0, 0.1) is 6.92 Å². The molecule has 15 heavy (non-hydrogen) atoms. The zero-order valence-electron chi connectivity index (χ0n) is 8.61. The van der Waals surface area contributed by atoms with Gasteiger partial charge in [-0.15, -0.1) is 0 Å². The molecule has 0 saturated carbocycles. The topological polar surface area (TPSA) is 89.9 Å². The normalized spacial score (nSPS) is 10.3. The molecule has 0 rings (SSSR count). The summed E-state index contributed by atoms with van der Waals surface area (Å²) < 4.78 is 0. The first-order valence-corrected chi connectivity index (χ1v) is 4.71. The highest BCUT2D eigenvalue weighted by atomic mass is 16.4. The van der Waals surface area contributed by atoms with E-state index in [9.17, 15) is 9.59 Å². The summed E-state index contributed by atoms with van der Waals surface area (Å²) in [5.74, 6) is -1.24. The SMILES string of the molecule is [CH2]C(=O)NCCN(CCO)CCC(=O)O. The molecule has 0 unspecified atom stereocenters. The minimum absolute atomic E-state index is 0.0261. The summed E-state index contributed by atoms with van der Waals surface area (Å²) in [4.78, 5) is 22.6. The summed E-state index contributed by atoms with van der Waals surface area (Å²) in [5, 5.41) is 19.7. The third-order valence-electron chi connectivity index (χ3n) is 1.81. The molecule has 0 atom stereocenters. The molecule has 0 fully saturated rings. The van der Waals surface area contributed by atoms with E-state index >= 15 is 0 Å². The van der Waals surface area contributed by atoms with Gasteiger partial charge in [0.2, 0.25) is 5.91 Å². The standard InChI is InChI=1S/C9H17N2O4/c1-8(13)10-3-5-11(6-7-12)4-2-9(14)15/h12H,1-7H2,(H,10,13)(H,14,15). The van der Waals surface area contributed by atoms with Gasteiger partial charge in [0, 0.05) is 33.1 Å². The van der Waals surface area contributed by atoms with Crippen LogP contribution in [0.15, 0.2) is 0 Å². The molecule has 0 saturated heterocycles. The van der Waals surface area contributed by atoms with Gasteiger partial charge in [-0.2, -0.15) is 0 Å². The van der Waals surface area contributed by atoms with Crippen molar-refractivity contribution in [3.05, 3.63) is 6.92 Å². The minimum Gasteiger partial charge on any atom is -0.481 e. The first-order chi connectivity index (χ1) is 7.06. The van der Waals surface area contributed by atoms with Crippen molar-refractivity contribution < 1.29 is 19.8 Å². The van der Waals surface area contributed by atoms with Gasteiger partial charge in [0.25, 0.3) is 0 Å². The van der Waals surface area contributed by atoms with Crippen LogP contribution in [0.5, 0.6) is 0 Å². The fourth-order valence-corrected chi connectivity index (χ4v) is 1.08. The van der Waals surface area contributed by atoms with Gasteiger partial charge in [-0.05, 0) is 0 Å². The van der Waals surface area contributed by atoms with E-state index in [1.807, 2.05) is 0 Å². The molecule has 87 valence electrons. The van der Waals surface area contributed by atoms with Gasteiger partial charge in [-0.25, -0.2) is 0 Å². The van der Waals surface area contributed by atoms with Gasteiger partial charge < -0.3 is 15.5 Å². The number of hydrogen-bond donors (Lipinski definition) is 3. The molecule has 1 amide bonds. The van der Waals surface area contributed by atoms with Crippen LogP contribution in [0.4, 0.5) is 0 Å². The number of hydrogen-bond acceptors (Lipinski definition) is 4. The highest BCUT2D eigenvalue weighted by Crippen LogP contribution is 1.90. The predicted molar refractivity (Wildman–Crippen MR) is 54.1 cm³/mol. The second-order valence-electron chi connectivity index (χ2n) is 3.06. The van der Waals surface area contributed by atoms with Crippen molar-refractivity contribution in [2.75, 3.05) is 32.8 Å². The van der Waals surface area contributed by atoms with E-state index in [0.717, 1.165) is 0 Å². The van der Waals surface area contributed by atoms with E-state index < -0.39 is 5.97 Å². The van der Waals surface area contributed by atoms with Gasteiger partial charge in [0.1, 0.15) is 0 Å². The zero-order chi connectivity index (χ0) is 11.7. The number of rotatable bonds is 8. The molecule has 0 aromatic rings. The monoisotopic (exact) mass is 217 g/mol. The summed E-state index contributed by atoms with van der Waals surface area (Å²) >= 11 is 0. The van der Waals surface area contributed by atoms with Crippen molar-refractivity contribution in [2.45, 2.75) is 6.42 Å². The molecule has 6 nitrogen and oxygen atoms in total. The van der Waals surface area contributed by atoms with E-state index in [2.05, 4.69) is 12.2 Å². The number of aliphatic hydroxyl groups is 1. The van der Waals surface area contributed by atoms with Crippen molar-refractivity contribution >= 4 is 11.9 Å². The predicted octanol–water partition coefficient (Wildman–Crippen LogP) is -1.29. The minimum atomic E-state index is -0.876. The molecule has 0 aliphatic carbocycles. The van der Waals surface area contributed by atoms with Crippen LogP contribution in [0.2, 0.25) is 0 Å². The summed E-state index contributed by atoms with van der Waals surface area (Å²) in [6.45, 7) is 4.79. The molecule has 0 aromatic heterocycles. The number of carboxylic acid groups (broad SMARTS) is 1. The lowest BCUT2D eigenvalue weighted by Gasteiger charge is -2.20. The molecule has 0 aromatic carbocycles. The summed E-state index contributed by atoms with van der Waals surface area (Å²) in [6, 6.07) is 0. The Morgan fingerprint density at radius 1 is 1.27 bits per heavy atom. The second-order valence-corrected chi connectivity index (χ2v) is 3.06. The van der Waals surface area contributed by atoms with Crippen molar-refractivity contribution in [3.63, 3.8) is 0 Å². The highest BCUT2D eigenvalue weighted by Gasteiger charge is 2.06. The first kappa shape index (κ1) is 13.9. The Bertz CT molecular complexity index is 208. The molecule has 0 heterocycles. The average molecular weight is 217 g/mol. The maximum Gasteiger partial charge on any atom is 0.304 e. The Morgan fingerprint density at radius 3 is 2.40 bits per heavy atom. The van der Waals surface area contributed by atoms with E-state index in [4.69, 9.17) is 10.2 Å². The number of aliphatic carboxylic acids is 1. The van der Waals surface area contributed by atoms with Gasteiger partial charge in [0.15, 0.2) is 0 Å². The third-order valence-corrected chi connectivity index (χ3v) is 1.81. The smallest absolute Gasteiger partial charge is 0.304 e. The lowest BCUT2D eigenvalue weighted by Crippen LogP contribution is -2.36. The Labute approximate surface area is 88.9 Å². The number of aliphatic hydroxyl groups excluding tert-OH is 1. The van der Waals surface area contributed by atoms with Crippen LogP contribution in [0.25, 0.3) is 0 Å². The van der Waals surface area contributed by atoms with Crippen LogP contribution in [-0.2, 0) is 9.59 Å². The number of carbonyl (C=O) groups excluding carboxylic acids is 1. The molecular formula is C9H17N2O4. The van der Waals surface area contributed by atoms with E-state index in [-0.39, 0.29) is 18.9 Å². The van der Waals surface area contributed by atoms with E-state index in [0.29, 0.717) is 26.2 Å². The van der Waals surface area contributed by atoms with Crippen LogP contribution in [0.1, 0.15) is 6.42 Å². The molecule has 0 aliphatic heterocycles. The highest BCUT2D eigenvalue weighted by molar-refractivity contribution is 5.79. The van der Waals surface area contributed by atoms with Gasteiger partial charge >= 0.3 is 5.97 Å². The van der Waals surface area contributed by atoms with E-state index in [1.54, 1.807) is 4.90 Å². The number of carbonyl (C=O) groups is 2. The molecule has 0 spiro atoms. The first-order valence-electron chi connectivity index (χ1n) is 4.71. The van der Waals surface area contributed by atoms with E-state index in [1.165, 1.54) is 0 Å². The molecule has 0 bridgehead atoms. The molecular weight excluding hydrogens is 200 g/mol. The maximum absolute atomic E-state index is 10.5. The Kier molecular flexibility index (Phi) is 7.57. The van der Waals surface area contributed by atoms with Crippen LogP contribution in [-0.4, -0.2) is 59.8 Å². The summed E-state index contributed by atoms with van der Waals surface area (Å²) in [5.41, 5.74) is 0. The third kappa shape index (κ3) is 9.17. The van der Waals surface area contributed by atoms with Crippen LogP contribution in [0.3, 0.4) is 0 Å². The van der Waals surface area contributed by atoms with Crippen molar-refractivity contribution in [1.29, 1.82) is 0 Å². The zero-order valence-corrected chi connectivity index (χ0v) is 8.61. The number of nitrogens with zero attached hydrogens (tertiary/aromatic N) is 1. The van der Waals surface area contributed by atoms with Crippen molar-refractivity contribution in [2.24, 2.45) is 0 Å². The van der Waals surface area contributed by atoms with Gasteiger partial charge in [0.05, 0.1) is 13.0 Å². The van der Waals surface area contributed by atoms with Crippen LogP contribution >= 0.6 is 0 Å². The largest absolute Gasteiger partial charge is 0.481 e. The van der Waals surface area contributed by atoms with Crippen molar-refractivity contribution in [1.82, 2.24) is 10.2 Å². The molecule has 1 radical (unpaired) electrons. The fourth-order valence-electron chi connectivity index (χ4n) is 1.08. The van der Waals surface area contributed by atoms with Gasteiger partial charge in [-0.1, -0.05) is 0 Å². The van der Waals surface area contributed by atoms with Crippen LogP contribution < -0.4 is 5.32 Å². The Balaban J connectivity index is 3.71. The van der Waals surface area contributed by atoms with Gasteiger partial charge in [-0.3, -0.25) is 14.5 Å². The second kappa shape index (κ2) is 8.19. The quantitative estimate of drug-likeness (QED) is 0.470. The fraction of sp³-hybridized carbons (Fsp3) is 0.667. The Hall–Kier alpha value is -1.14. The molecule has 3 N–H and O–H groups in total. The summed E-state index contributed by atoms with van der Waals surface area (Å²) in [7, 11) is 0. The maximum atomic E-state index is 10.5.